The Morgan fingerprint density at radius 1 is 0.625 bits per heavy atom. The second-order valence-electron chi connectivity index (χ2n) is 10.2. The standard InChI is InChI=1S/C36H26N4/c1-4-23-14-16-33-28(18-23)26-10-6-8-12-31(26)39(33)35-20-25(38-3)21-36(30(35)22-37)40-32-13-9-7-11-27(32)29-19-24(5-2)15-17-34(29)40/h6-21H,4-5H2,1-2H3. The predicted octanol–water partition coefficient (Wildman–Crippen LogP) is 9.43. The van der Waals surface area contributed by atoms with E-state index < -0.39 is 0 Å². The molecule has 0 fully saturated rings. The molecule has 0 aliphatic heterocycles. The number of benzene rings is 5. The van der Waals surface area contributed by atoms with Crippen LogP contribution in [0.4, 0.5) is 5.69 Å². The van der Waals surface area contributed by atoms with Crippen molar-refractivity contribution < 1.29 is 0 Å². The van der Waals surface area contributed by atoms with Crippen molar-refractivity contribution in [1.82, 2.24) is 9.13 Å². The van der Waals surface area contributed by atoms with Crippen molar-refractivity contribution in [2.75, 3.05) is 0 Å². The average Bonchev–Trinajstić information content (AvgIpc) is 3.52. The Morgan fingerprint density at radius 2 is 1.07 bits per heavy atom. The number of nitriles is 1. The molecule has 0 bridgehead atoms. The summed E-state index contributed by atoms with van der Waals surface area (Å²) in [6.07, 6.45) is 1.90. The summed E-state index contributed by atoms with van der Waals surface area (Å²) in [7, 11) is 0. The van der Waals surface area contributed by atoms with Crippen molar-refractivity contribution in [2.45, 2.75) is 26.7 Å². The average molecular weight is 515 g/mol. The molecule has 2 heterocycles. The Bertz CT molecular complexity index is 2070. The molecule has 190 valence electrons. The number of hydrogen-bond donors (Lipinski definition) is 0. The first-order valence-corrected chi connectivity index (χ1v) is 13.7. The minimum atomic E-state index is 0.496. The van der Waals surface area contributed by atoms with Crippen LogP contribution in [0.15, 0.2) is 97.1 Å². The van der Waals surface area contributed by atoms with Crippen LogP contribution in [-0.4, -0.2) is 9.13 Å². The molecule has 0 unspecified atom stereocenters. The summed E-state index contributed by atoms with van der Waals surface area (Å²) < 4.78 is 4.31. The highest BCUT2D eigenvalue weighted by atomic mass is 15.0. The van der Waals surface area contributed by atoms with E-state index in [4.69, 9.17) is 6.57 Å². The Morgan fingerprint density at radius 3 is 1.50 bits per heavy atom. The largest absolute Gasteiger partial charge is 0.309 e. The first kappa shape index (κ1) is 23.8. The van der Waals surface area contributed by atoms with Crippen molar-refractivity contribution >= 4 is 49.3 Å². The number of aryl methyl sites for hydroxylation is 2. The normalized spacial score (nSPS) is 11.4. The molecule has 2 aromatic heterocycles. The molecule has 0 N–H and O–H groups in total. The van der Waals surface area contributed by atoms with Gasteiger partial charge in [-0.2, -0.15) is 5.26 Å². The maximum absolute atomic E-state index is 10.8. The van der Waals surface area contributed by atoms with Gasteiger partial charge in [-0.15, -0.1) is 0 Å². The first-order valence-electron chi connectivity index (χ1n) is 13.7. The SMILES string of the molecule is [C-]#[N+]c1cc(-n2c3ccccc3c3cc(CC)ccc32)c(C#N)c(-n2c3ccccc3c3cc(CC)ccc32)c1. The topological polar surface area (TPSA) is 38.0 Å². The zero-order valence-corrected chi connectivity index (χ0v) is 22.4. The number of nitrogens with zero attached hydrogens (tertiary/aromatic N) is 4. The lowest BCUT2D eigenvalue weighted by atomic mass is 10.1. The quantitative estimate of drug-likeness (QED) is 0.216. The minimum absolute atomic E-state index is 0.496. The van der Waals surface area contributed by atoms with E-state index in [1.54, 1.807) is 0 Å². The van der Waals surface area contributed by atoms with Crippen LogP contribution in [0, 0.1) is 17.9 Å². The fourth-order valence-corrected chi connectivity index (χ4v) is 6.13. The first-order chi connectivity index (χ1) is 19.7. The summed E-state index contributed by atoms with van der Waals surface area (Å²) in [4.78, 5) is 3.88. The zero-order valence-electron chi connectivity index (χ0n) is 22.4. The van der Waals surface area contributed by atoms with Crippen LogP contribution >= 0.6 is 0 Å². The summed E-state index contributed by atoms with van der Waals surface area (Å²) in [6, 6.07) is 36.0. The maximum atomic E-state index is 10.8. The van der Waals surface area contributed by atoms with Crippen LogP contribution in [0.2, 0.25) is 0 Å². The Labute approximate surface area is 232 Å². The molecular formula is C36H26N4. The van der Waals surface area contributed by atoms with Crippen LogP contribution in [0.25, 0.3) is 59.8 Å². The van der Waals surface area contributed by atoms with E-state index in [9.17, 15) is 5.26 Å². The highest BCUT2D eigenvalue weighted by molar-refractivity contribution is 6.11. The second kappa shape index (κ2) is 9.16. The molecule has 40 heavy (non-hydrogen) atoms. The Kier molecular flexibility index (Phi) is 5.44. The zero-order chi connectivity index (χ0) is 27.4. The van der Waals surface area contributed by atoms with Gasteiger partial charge >= 0.3 is 0 Å². The summed E-state index contributed by atoms with van der Waals surface area (Å²) in [5, 5.41) is 15.3. The van der Waals surface area contributed by atoms with Gasteiger partial charge in [0, 0.05) is 21.5 Å². The van der Waals surface area contributed by atoms with Crippen molar-refractivity contribution in [3.63, 3.8) is 0 Å². The van der Waals surface area contributed by atoms with E-state index >= 15 is 0 Å². The summed E-state index contributed by atoms with van der Waals surface area (Å²) in [5.74, 6) is 0. The van der Waals surface area contributed by atoms with Crippen LogP contribution in [0.5, 0.6) is 0 Å². The van der Waals surface area contributed by atoms with Gasteiger partial charge in [0.1, 0.15) is 6.07 Å². The van der Waals surface area contributed by atoms with E-state index in [2.05, 4.69) is 107 Å². The highest BCUT2D eigenvalue weighted by Gasteiger charge is 2.22. The van der Waals surface area contributed by atoms with E-state index in [1.165, 1.54) is 11.1 Å². The minimum Gasteiger partial charge on any atom is -0.309 e. The number of aromatic nitrogens is 2. The van der Waals surface area contributed by atoms with Crippen LogP contribution in [0.3, 0.4) is 0 Å². The summed E-state index contributed by atoms with van der Waals surface area (Å²) in [6.45, 7) is 12.3. The van der Waals surface area contributed by atoms with Gasteiger partial charge in [0.2, 0.25) is 0 Å². The lowest BCUT2D eigenvalue weighted by Crippen LogP contribution is -2.04. The fraction of sp³-hybridized carbons (Fsp3) is 0.111. The highest BCUT2D eigenvalue weighted by Crippen LogP contribution is 2.40. The fourth-order valence-electron chi connectivity index (χ4n) is 6.13. The van der Waals surface area contributed by atoms with Crippen LogP contribution < -0.4 is 0 Å². The third-order valence-corrected chi connectivity index (χ3v) is 8.09. The van der Waals surface area contributed by atoms with Crippen molar-refractivity contribution in [2.24, 2.45) is 0 Å². The number of fused-ring (bicyclic) bond motifs is 6. The molecule has 4 heteroatoms. The molecular weight excluding hydrogens is 488 g/mol. The van der Waals surface area contributed by atoms with E-state index in [-0.39, 0.29) is 0 Å². The van der Waals surface area contributed by atoms with Gasteiger partial charge in [-0.3, -0.25) is 0 Å². The molecule has 7 aromatic rings. The summed E-state index contributed by atoms with van der Waals surface area (Å²) >= 11 is 0. The van der Waals surface area contributed by atoms with Gasteiger partial charge in [-0.25, -0.2) is 4.85 Å². The third-order valence-electron chi connectivity index (χ3n) is 8.09. The molecule has 0 atom stereocenters. The monoisotopic (exact) mass is 514 g/mol. The Balaban J connectivity index is 1.64. The van der Waals surface area contributed by atoms with Crippen molar-refractivity contribution in [3.05, 3.63) is 125 Å². The second-order valence-corrected chi connectivity index (χ2v) is 10.2. The molecule has 5 aromatic carbocycles. The van der Waals surface area contributed by atoms with Crippen LogP contribution in [-0.2, 0) is 12.8 Å². The molecule has 0 radical (unpaired) electrons. The molecule has 0 amide bonds. The third kappa shape index (κ3) is 3.37. The molecule has 0 aliphatic rings. The lowest BCUT2D eigenvalue weighted by molar-refractivity contribution is 1.11. The molecule has 0 saturated carbocycles. The molecule has 4 nitrogen and oxygen atoms in total. The molecule has 0 saturated heterocycles. The Hall–Kier alpha value is -5.32. The number of rotatable bonds is 4. The molecule has 0 aliphatic carbocycles. The van der Waals surface area contributed by atoms with Gasteiger partial charge in [0.25, 0.3) is 0 Å². The number of para-hydroxylation sites is 2. The van der Waals surface area contributed by atoms with E-state index in [0.717, 1.165) is 67.8 Å². The van der Waals surface area contributed by atoms with Crippen molar-refractivity contribution in [1.29, 1.82) is 5.26 Å². The van der Waals surface area contributed by atoms with E-state index in [1.807, 2.05) is 24.3 Å². The van der Waals surface area contributed by atoms with Gasteiger partial charge in [0.05, 0.1) is 45.6 Å². The molecule has 7 rings (SSSR count). The van der Waals surface area contributed by atoms with Gasteiger partial charge in [-0.1, -0.05) is 62.4 Å². The predicted molar refractivity (Wildman–Crippen MR) is 165 cm³/mol. The van der Waals surface area contributed by atoms with Gasteiger partial charge in [-0.05, 0) is 72.5 Å². The van der Waals surface area contributed by atoms with Gasteiger partial charge in [0.15, 0.2) is 5.69 Å². The maximum Gasteiger partial charge on any atom is 0.191 e. The summed E-state index contributed by atoms with van der Waals surface area (Å²) in [5.41, 5.74) is 9.10. The van der Waals surface area contributed by atoms with E-state index in [0.29, 0.717) is 11.3 Å². The smallest absolute Gasteiger partial charge is 0.191 e. The van der Waals surface area contributed by atoms with Crippen molar-refractivity contribution in [3.8, 4) is 17.4 Å². The van der Waals surface area contributed by atoms with Gasteiger partial charge < -0.3 is 9.13 Å². The molecule has 0 spiro atoms. The lowest BCUT2D eigenvalue weighted by Gasteiger charge is -2.17. The number of hydrogen-bond acceptors (Lipinski definition) is 1. The van der Waals surface area contributed by atoms with Crippen LogP contribution in [0.1, 0.15) is 30.5 Å².